The minimum Gasteiger partial charge on any atom is -0.481 e. The number of rotatable bonds is 4. The quantitative estimate of drug-likeness (QED) is 0.515. The van der Waals surface area contributed by atoms with Crippen LogP contribution in [0.1, 0.15) is 5.69 Å². The molecule has 11 heteroatoms. The lowest BCUT2D eigenvalue weighted by atomic mass is 10.2. The van der Waals surface area contributed by atoms with E-state index in [1.165, 1.54) is 30.0 Å². The van der Waals surface area contributed by atoms with Gasteiger partial charge in [-0.15, -0.1) is 0 Å². The van der Waals surface area contributed by atoms with E-state index in [-0.39, 0.29) is 17.1 Å². The number of imidazole rings is 1. The largest absolute Gasteiger partial charge is 0.481 e. The van der Waals surface area contributed by atoms with Crippen LogP contribution in [0.4, 0.5) is 0 Å². The molecule has 0 saturated heterocycles. The number of hydrogen-bond acceptors (Lipinski definition) is 7. The summed E-state index contributed by atoms with van der Waals surface area (Å²) >= 11 is 0. The zero-order chi connectivity index (χ0) is 19.2. The van der Waals surface area contributed by atoms with Crippen LogP contribution in [0.3, 0.4) is 0 Å². The van der Waals surface area contributed by atoms with Crippen LogP contribution in [0, 0.1) is 0 Å². The van der Waals surface area contributed by atoms with Gasteiger partial charge in [-0.3, -0.25) is 9.55 Å². The number of nitrogens with one attached hydrogen (secondary N) is 1. The average Bonchev–Trinajstić information content (AvgIpc) is 2.96. The Hall–Kier alpha value is -3.31. The van der Waals surface area contributed by atoms with Gasteiger partial charge in [0.15, 0.2) is 5.65 Å². The second-order valence-corrected chi connectivity index (χ2v) is 7.35. The number of aromatic amines is 1. The number of nitrogens with zero attached hydrogens (tertiary/aromatic N) is 4. The van der Waals surface area contributed by atoms with E-state index in [4.69, 9.17) is 9.88 Å². The van der Waals surface area contributed by atoms with Crippen molar-refractivity contribution in [1.82, 2.24) is 24.5 Å². The normalized spacial score (nSPS) is 11.9. The molecule has 3 N–H and O–H groups in total. The Morgan fingerprint density at radius 3 is 2.67 bits per heavy atom. The van der Waals surface area contributed by atoms with E-state index in [9.17, 15) is 13.2 Å². The third kappa shape index (κ3) is 3.02. The fourth-order valence-electron chi connectivity index (χ4n) is 2.81. The van der Waals surface area contributed by atoms with Gasteiger partial charge in [0.2, 0.25) is 15.9 Å². The summed E-state index contributed by atoms with van der Waals surface area (Å²) in [6, 6.07) is 6.32. The number of ether oxygens (including phenoxy) is 1. The van der Waals surface area contributed by atoms with E-state index in [0.29, 0.717) is 33.6 Å². The Labute approximate surface area is 152 Å². The van der Waals surface area contributed by atoms with Crippen LogP contribution in [0.15, 0.2) is 46.3 Å². The summed E-state index contributed by atoms with van der Waals surface area (Å²) in [5.74, 6) is 0.416. The molecule has 4 aromatic rings. The first kappa shape index (κ1) is 17.1. The molecule has 4 heterocycles. The molecule has 0 aromatic carbocycles. The molecule has 138 valence electrons. The zero-order valence-corrected chi connectivity index (χ0v) is 14.9. The van der Waals surface area contributed by atoms with Crippen molar-refractivity contribution in [2.24, 2.45) is 5.14 Å². The molecule has 0 saturated carbocycles. The van der Waals surface area contributed by atoms with E-state index >= 15 is 0 Å². The number of primary sulfonamides is 1. The molecule has 0 fully saturated rings. The van der Waals surface area contributed by atoms with Gasteiger partial charge in [0.1, 0.15) is 4.90 Å². The van der Waals surface area contributed by atoms with Crippen LogP contribution in [0.2, 0.25) is 0 Å². The summed E-state index contributed by atoms with van der Waals surface area (Å²) in [5.41, 5.74) is 1.77. The predicted octanol–water partition coefficient (Wildman–Crippen LogP) is 0.372. The van der Waals surface area contributed by atoms with Gasteiger partial charge in [0.05, 0.1) is 36.6 Å². The minimum absolute atomic E-state index is 0.0940. The molecule has 10 nitrogen and oxygen atoms in total. The molecule has 0 bridgehead atoms. The van der Waals surface area contributed by atoms with Crippen molar-refractivity contribution in [2.45, 2.75) is 11.4 Å². The Morgan fingerprint density at radius 2 is 2.00 bits per heavy atom. The minimum atomic E-state index is -3.83. The van der Waals surface area contributed by atoms with Crippen molar-refractivity contribution in [3.05, 3.63) is 52.8 Å². The molecule has 0 aliphatic carbocycles. The predicted molar refractivity (Wildman–Crippen MR) is 96.9 cm³/mol. The Kier molecular flexibility index (Phi) is 3.89. The lowest BCUT2D eigenvalue weighted by Crippen LogP contribution is -2.18. The second-order valence-electron chi connectivity index (χ2n) is 5.79. The maximum absolute atomic E-state index is 12.4. The molecule has 0 aliphatic heterocycles. The first-order valence-electron chi connectivity index (χ1n) is 7.77. The number of aromatic nitrogens is 5. The van der Waals surface area contributed by atoms with Crippen LogP contribution in [0.5, 0.6) is 5.88 Å². The highest BCUT2D eigenvalue weighted by Gasteiger charge is 2.14. The highest BCUT2D eigenvalue weighted by atomic mass is 32.2. The van der Waals surface area contributed by atoms with Crippen molar-refractivity contribution < 1.29 is 13.2 Å². The molecule has 4 aromatic heterocycles. The standard InChI is InChI=1S/C16H14N6O4S/c1-26-13-5-4-11-14-12(7-19-15(11)21-13)20-16(23)22(14)8-9-2-3-10(6-18-9)27(17,24)25/h2-7H,8H2,1H3,(H,20,23)(H2,17,24,25). The van der Waals surface area contributed by atoms with Crippen LogP contribution in [-0.4, -0.2) is 40.0 Å². The van der Waals surface area contributed by atoms with Gasteiger partial charge in [0, 0.05) is 17.6 Å². The summed E-state index contributed by atoms with van der Waals surface area (Å²) < 4.78 is 29.3. The zero-order valence-electron chi connectivity index (χ0n) is 14.1. The van der Waals surface area contributed by atoms with Crippen molar-refractivity contribution in [3.8, 4) is 5.88 Å². The Bertz CT molecular complexity index is 1330. The Balaban J connectivity index is 1.85. The lowest BCUT2D eigenvalue weighted by molar-refractivity contribution is 0.399. The van der Waals surface area contributed by atoms with Gasteiger partial charge in [-0.1, -0.05) is 0 Å². The van der Waals surface area contributed by atoms with Gasteiger partial charge < -0.3 is 9.72 Å². The third-order valence-electron chi connectivity index (χ3n) is 4.09. The molecular formula is C16H14N6O4S. The van der Waals surface area contributed by atoms with E-state index in [0.717, 1.165) is 6.20 Å². The number of pyridine rings is 3. The average molecular weight is 386 g/mol. The summed E-state index contributed by atoms with van der Waals surface area (Å²) in [7, 11) is -2.32. The topological polar surface area (TPSA) is 146 Å². The number of methoxy groups -OCH3 is 1. The van der Waals surface area contributed by atoms with E-state index in [1.54, 1.807) is 12.1 Å². The third-order valence-corrected chi connectivity index (χ3v) is 4.99. The monoisotopic (exact) mass is 386 g/mol. The highest BCUT2D eigenvalue weighted by Crippen LogP contribution is 2.23. The Morgan fingerprint density at radius 1 is 1.19 bits per heavy atom. The summed E-state index contributed by atoms with van der Waals surface area (Å²) in [5, 5.41) is 5.75. The SMILES string of the molecule is COc1ccc2c(ncc3[nH]c(=O)n(Cc4ccc(S(N)(=O)=O)cn4)c32)n1. The van der Waals surface area contributed by atoms with Gasteiger partial charge in [-0.25, -0.2) is 23.3 Å². The molecule has 0 unspecified atom stereocenters. The first-order valence-corrected chi connectivity index (χ1v) is 9.31. The summed E-state index contributed by atoms with van der Waals surface area (Å²) in [4.78, 5) is 27.7. The van der Waals surface area contributed by atoms with Crippen molar-refractivity contribution in [2.75, 3.05) is 7.11 Å². The smallest absolute Gasteiger partial charge is 0.326 e. The van der Waals surface area contributed by atoms with E-state index < -0.39 is 10.0 Å². The number of fused-ring (bicyclic) bond motifs is 3. The molecule has 0 amide bonds. The molecule has 4 rings (SSSR count). The molecule has 0 aliphatic rings. The number of nitrogens with two attached hydrogens (primary N) is 1. The molecule has 0 atom stereocenters. The maximum atomic E-state index is 12.4. The van der Waals surface area contributed by atoms with Crippen LogP contribution >= 0.6 is 0 Å². The van der Waals surface area contributed by atoms with Crippen molar-refractivity contribution >= 4 is 32.1 Å². The van der Waals surface area contributed by atoms with Gasteiger partial charge in [0.25, 0.3) is 0 Å². The first-order chi connectivity index (χ1) is 12.9. The highest BCUT2D eigenvalue weighted by molar-refractivity contribution is 7.89. The number of H-pyrrole nitrogens is 1. The molecule has 27 heavy (non-hydrogen) atoms. The summed E-state index contributed by atoms with van der Waals surface area (Å²) in [6.45, 7) is 0.134. The van der Waals surface area contributed by atoms with E-state index in [1.807, 2.05) is 0 Å². The van der Waals surface area contributed by atoms with Gasteiger partial charge in [-0.2, -0.15) is 4.98 Å². The van der Waals surface area contributed by atoms with Crippen molar-refractivity contribution in [3.63, 3.8) is 0 Å². The molecule has 0 radical (unpaired) electrons. The number of hydrogen-bond donors (Lipinski definition) is 2. The van der Waals surface area contributed by atoms with Gasteiger partial charge in [-0.05, 0) is 18.2 Å². The molecular weight excluding hydrogens is 372 g/mol. The van der Waals surface area contributed by atoms with Crippen LogP contribution < -0.4 is 15.6 Å². The fraction of sp³-hybridized carbons (Fsp3) is 0.125. The maximum Gasteiger partial charge on any atom is 0.326 e. The second kappa shape index (κ2) is 6.14. The fourth-order valence-corrected chi connectivity index (χ4v) is 3.27. The van der Waals surface area contributed by atoms with Crippen molar-refractivity contribution in [1.29, 1.82) is 0 Å². The van der Waals surface area contributed by atoms with Crippen LogP contribution in [-0.2, 0) is 16.6 Å². The van der Waals surface area contributed by atoms with Crippen LogP contribution in [0.25, 0.3) is 22.1 Å². The van der Waals surface area contributed by atoms with E-state index in [2.05, 4.69) is 19.9 Å². The summed E-state index contributed by atoms with van der Waals surface area (Å²) in [6.07, 6.45) is 2.69. The number of sulfonamides is 1. The molecule has 0 spiro atoms. The van der Waals surface area contributed by atoms with Gasteiger partial charge >= 0.3 is 5.69 Å². The lowest BCUT2D eigenvalue weighted by Gasteiger charge is -2.07.